The van der Waals surface area contributed by atoms with Crippen molar-refractivity contribution in [3.63, 3.8) is 0 Å². The molecule has 0 aliphatic rings. The van der Waals surface area contributed by atoms with E-state index in [0.717, 1.165) is 22.5 Å². The van der Waals surface area contributed by atoms with Crippen LogP contribution in [-0.2, 0) is 0 Å². The van der Waals surface area contributed by atoms with Gasteiger partial charge in [0, 0.05) is 0 Å². The minimum Gasteiger partial charge on any atom is -0.337 e. The van der Waals surface area contributed by atoms with E-state index in [4.69, 9.17) is 0 Å². The Kier molecular flexibility index (Phi) is 3.11. The summed E-state index contributed by atoms with van der Waals surface area (Å²) in [5.74, 6) is 0.783. The molecule has 1 N–H and O–H groups in total. The van der Waals surface area contributed by atoms with E-state index in [-0.39, 0.29) is 0 Å². The van der Waals surface area contributed by atoms with Gasteiger partial charge in [0.25, 0.3) is 0 Å². The lowest BCUT2D eigenvalue weighted by molar-refractivity contribution is 1.27. The number of benzene rings is 2. The van der Waals surface area contributed by atoms with Crippen molar-refractivity contribution >= 4 is 22.9 Å². The zero-order chi connectivity index (χ0) is 14.1. The largest absolute Gasteiger partial charge is 0.337 e. The average molecular weight is 263 g/mol. The lowest BCUT2D eigenvalue weighted by Gasteiger charge is -2.05. The topological polar surface area (TPSA) is 41.0 Å². The predicted octanol–water partition coefficient (Wildman–Crippen LogP) is 4.24. The molecular weight excluding hydrogens is 246 g/mol. The fraction of sp³-hybridized carbons (Fsp3) is 0.176. The summed E-state index contributed by atoms with van der Waals surface area (Å²) in [5.41, 5.74) is 6.67. The van der Waals surface area contributed by atoms with E-state index in [0.29, 0.717) is 0 Å². The molecule has 3 aromatic rings. The van der Waals surface area contributed by atoms with Crippen molar-refractivity contribution in [3.05, 3.63) is 58.9 Å². The highest BCUT2D eigenvalue weighted by molar-refractivity contribution is 5.85. The molecule has 0 saturated carbocycles. The summed E-state index contributed by atoms with van der Waals surface area (Å²) in [6.45, 7) is 6.28. The SMILES string of the molecule is Cc1cc(C)c(/N=C/c2nc3ccccc3[nH]2)c(C)c1. The molecule has 0 radical (unpaired) electrons. The highest BCUT2D eigenvalue weighted by atomic mass is 14.9. The van der Waals surface area contributed by atoms with Crippen LogP contribution in [0.1, 0.15) is 22.5 Å². The summed E-state index contributed by atoms with van der Waals surface area (Å²) in [6.07, 6.45) is 1.80. The summed E-state index contributed by atoms with van der Waals surface area (Å²) in [7, 11) is 0. The molecule has 0 aliphatic carbocycles. The first-order chi connectivity index (χ1) is 9.63. The van der Waals surface area contributed by atoms with Gasteiger partial charge in [-0.2, -0.15) is 0 Å². The van der Waals surface area contributed by atoms with Gasteiger partial charge >= 0.3 is 0 Å². The quantitative estimate of drug-likeness (QED) is 0.690. The second-order valence-electron chi connectivity index (χ2n) is 5.14. The molecule has 2 aromatic carbocycles. The van der Waals surface area contributed by atoms with Crippen molar-refractivity contribution in [2.75, 3.05) is 0 Å². The molecule has 0 fully saturated rings. The second kappa shape index (κ2) is 4.93. The number of aliphatic imine (C=N–C) groups is 1. The molecule has 0 aliphatic heterocycles. The molecule has 0 saturated heterocycles. The average Bonchev–Trinajstić information content (AvgIpc) is 2.80. The normalized spacial score (nSPS) is 11.6. The van der Waals surface area contributed by atoms with Crippen LogP contribution in [0, 0.1) is 20.8 Å². The molecule has 0 atom stereocenters. The number of nitrogens with zero attached hydrogens (tertiary/aromatic N) is 2. The maximum absolute atomic E-state index is 4.59. The number of aryl methyl sites for hydroxylation is 3. The summed E-state index contributed by atoms with van der Waals surface area (Å²) >= 11 is 0. The Labute approximate surface area is 118 Å². The van der Waals surface area contributed by atoms with Crippen LogP contribution < -0.4 is 0 Å². The van der Waals surface area contributed by atoms with Gasteiger partial charge in [-0.25, -0.2) is 4.98 Å². The molecule has 3 heteroatoms. The predicted molar refractivity (Wildman–Crippen MR) is 84.0 cm³/mol. The number of rotatable bonds is 2. The van der Waals surface area contributed by atoms with Crippen LogP contribution in [0.5, 0.6) is 0 Å². The molecule has 0 bridgehead atoms. The van der Waals surface area contributed by atoms with Crippen LogP contribution in [0.2, 0.25) is 0 Å². The highest BCUT2D eigenvalue weighted by Crippen LogP contribution is 2.24. The van der Waals surface area contributed by atoms with E-state index in [1.54, 1.807) is 6.21 Å². The molecule has 3 nitrogen and oxygen atoms in total. The molecule has 0 spiro atoms. The van der Waals surface area contributed by atoms with Gasteiger partial charge in [-0.3, -0.25) is 4.99 Å². The van der Waals surface area contributed by atoms with Gasteiger partial charge in [-0.1, -0.05) is 29.8 Å². The monoisotopic (exact) mass is 263 g/mol. The Balaban J connectivity index is 1.98. The molecule has 100 valence electrons. The van der Waals surface area contributed by atoms with Crippen molar-refractivity contribution in [2.45, 2.75) is 20.8 Å². The summed E-state index contributed by atoms with van der Waals surface area (Å²) in [5, 5.41) is 0. The van der Waals surface area contributed by atoms with Crippen LogP contribution in [-0.4, -0.2) is 16.2 Å². The number of para-hydroxylation sites is 2. The van der Waals surface area contributed by atoms with Gasteiger partial charge in [0.2, 0.25) is 0 Å². The molecule has 1 aromatic heterocycles. The number of hydrogen-bond donors (Lipinski definition) is 1. The lowest BCUT2D eigenvalue weighted by atomic mass is 10.1. The first-order valence-corrected chi connectivity index (χ1v) is 6.70. The van der Waals surface area contributed by atoms with Gasteiger partial charge in [-0.05, 0) is 44.0 Å². The Morgan fingerprint density at radius 2 is 1.75 bits per heavy atom. The number of fused-ring (bicyclic) bond motifs is 1. The Morgan fingerprint density at radius 1 is 1.05 bits per heavy atom. The van der Waals surface area contributed by atoms with Crippen LogP contribution >= 0.6 is 0 Å². The highest BCUT2D eigenvalue weighted by Gasteiger charge is 2.03. The van der Waals surface area contributed by atoms with Crippen molar-refractivity contribution in [2.24, 2.45) is 4.99 Å². The van der Waals surface area contributed by atoms with E-state index in [9.17, 15) is 0 Å². The zero-order valence-electron chi connectivity index (χ0n) is 11.9. The zero-order valence-corrected chi connectivity index (χ0v) is 11.9. The van der Waals surface area contributed by atoms with E-state index >= 15 is 0 Å². The third-order valence-electron chi connectivity index (χ3n) is 3.36. The Bertz CT molecular complexity index is 741. The number of aromatic amines is 1. The fourth-order valence-corrected chi connectivity index (χ4v) is 2.54. The summed E-state index contributed by atoms with van der Waals surface area (Å²) in [6, 6.07) is 12.3. The standard InChI is InChI=1S/C17H17N3/c1-11-8-12(2)17(13(3)9-11)18-10-16-19-14-6-4-5-7-15(14)20-16/h4-10H,1-3H3,(H,19,20)/b18-10+. The van der Waals surface area contributed by atoms with Crippen LogP contribution in [0.15, 0.2) is 41.4 Å². The van der Waals surface area contributed by atoms with Crippen molar-refractivity contribution in [3.8, 4) is 0 Å². The maximum Gasteiger partial charge on any atom is 0.149 e. The molecular formula is C17H17N3. The van der Waals surface area contributed by atoms with E-state index in [2.05, 4.69) is 47.9 Å². The van der Waals surface area contributed by atoms with Crippen LogP contribution in [0.4, 0.5) is 5.69 Å². The fourth-order valence-electron chi connectivity index (χ4n) is 2.54. The number of aromatic nitrogens is 2. The van der Waals surface area contributed by atoms with Crippen LogP contribution in [0.25, 0.3) is 11.0 Å². The van der Waals surface area contributed by atoms with Crippen molar-refractivity contribution < 1.29 is 0 Å². The summed E-state index contributed by atoms with van der Waals surface area (Å²) < 4.78 is 0. The van der Waals surface area contributed by atoms with E-state index < -0.39 is 0 Å². The maximum atomic E-state index is 4.59. The minimum atomic E-state index is 0.783. The number of H-pyrrole nitrogens is 1. The Morgan fingerprint density at radius 3 is 2.45 bits per heavy atom. The second-order valence-corrected chi connectivity index (χ2v) is 5.14. The minimum absolute atomic E-state index is 0.783. The van der Waals surface area contributed by atoms with E-state index in [1.165, 1.54) is 16.7 Å². The number of imidazole rings is 1. The van der Waals surface area contributed by atoms with Gasteiger partial charge in [0.05, 0.1) is 22.9 Å². The molecule has 0 amide bonds. The molecule has 3 rings (SSSR count). The first-order valence-electron chi connectivity index (χ1n) is 6.70. The third kappa shape index (κ3) is 2.35. The molecule has 20 heavy (non-hydrogen) atoms. The lowest BCUT2D eigenvalue weighted by Crippen LogP contribution is -1.87. The van der Waals surface area contributed by atoms with Crippen molar-refractivity contribution in [1.29, 1.82) is 0 Å². The van der Waals surface area contributed by atoms with E-state index in [1.807, 2.05) is 24.3 Å². The molecule has 0 unspecified atom stereocenters. The van der Waals surface area contributed by atoms with Gasteiger partial charge in [-0.15, -0.1) is 0 Å². The smallest absolute Gasteiger partial charge is 0.149 e. The number of hydrogen-bond acceptors (Lipinski definition) is 2. The first kappa shape index (κ1) is 12.6. The van der Waals surface area contributed by atoms with Gasteiger partial charge < -0.3 is 4.98 Å². The third-order valence-corrected chi connectivity index (χ3v) is 3.36. The summed E-state index contributed by atoms with van der Waals surface area (Å²) in [4.78, 5) is 12.3. The van der Waals surface area contributed by atoms with Gasteiger partial charge in [0.15, 0.2) is 0 Å². The van der Waals surface area contributed by atoms with Crippen molar-refractivity contribution in [1.82, 2.24) is 9.97 Å². The van der Waals surface area contributed by atoms with Crippen LogP contribution in [0.3, 0.4) is 0 Å². The Hall–Kier alpha value is -2.42. The molecule has 1 heterocycles. The van der Waals surface area contributed by atoms with Gasteiger partial charge in [0.1, 0.15) is 5.82 Å². The number of nitrogens with one attached hydrogen (secondary N) is 1.